The molecule has 2 atom stereocenters. The van der Waals surface area contributed by atoms with Gasteiger partial charge in [0, 0.05) is 17.9 Å². The average Bonchev–Trinajstić information content (AvgIpc) is 3.15. The first-order valence-corrected chi connectivity index (χ1v) is 10.7. The van der Waals surface area contributed by atoms with Crippen molar-refractivity contribution in [2.24, 2.45) is 0 Å². The molecule has 33 heavy (non-hydrogen) atoms. The number of likely N-dealkylation sites (N-methyl/N-ethyl adjacent to an activating group) is 1. The maximum Gasteiger partial charge on any atom is 0.416 e. The van der Waals surface area contributed by atoms with Crippen LogP contribution in [0.1, 0.15) is 40.7 Å². The van der Waals surface area contributed by atoms with Crippen LogP contribution in [0.25, 0.3) is 0 Å². The van der Waals surface area contributed by atoms with E-state index in [4.69, 9.17) is 14.2 Å². The van der Waals surface area contributed by atoms with Gasteiger partial charge in [0.15, 0.2) is 11.5 Å². The van der Waals surface area contributed by atoms with Crippen molar-refractivity contribution >= 4 is 5.97 Å². The minimum atomic E-state index is -4.52. The fourth-order valence-corrected chi connectivity index (χ4v) is 4.96. The molecule has 0 aromatic heterocycles. The third-order valence-electron chi connectivity index (χ3n) is 6.78. The number of alkyl halides is 3. The van der Waals surface area contributed by atoms with Crippen LogP contribution in [0.2, 0.25) is 0 Å². The van der Waals surface area contributed by atoms with E-state index in [0.29, 0.717) is 30.1 Å². The Kier molecular flexibility index (Phi) is 6.14. The Morgan fingerprint density at radius 3 is 2.55 bits per heavy atom. The van der Waals surface area contributed by atoms with Gasteiger partial charge in [-0.1, -0.05) is 12.1 Å². The van der Waals surface area contributed by atoms with Crippen LogP contribution in [0, 0.1) is 0 Å². The number of ether oxygens (including phenoxy) is 3. The summed E-state index contributed by atoms with van der Waals surface area (Å²) < 4.78 is 55.4. The molecule has 1 heterocycles. The van der Waals surface area contributed by atoms with Gasteiger partial charge in [0.1, 0.15) is 5.76 Å². The van der Waals surface area contributed by atoms with E-state index in [1.807, 2.05) is 31.3 Å². The normalized spacial score (nSPS) is 23.0. The van der Waals surface area contributed by atoms with E-state index >= 15 is 0 Å². The first kappa shape index (κ1) is 23.2. The Morgan fingerprint density at radius 1 is 1.09 bits per heavy atom. The lowest BCUT2D eigenvalue weighted by Gasteiger charge is -2.40. The molecule has 0 radical (unpaired) electrons. The zero-order chi connectivity index (χ0) is 23.8. The largest absolute Gasteiger partial charge is 0.493 e. The predicted octanol–water partition coefficient (Wildman–Crippen LogP) is 5.20. The van der Waals surface area contributed by atoms with Crippen LogP contribution in [-0.4, -0.2) is 44.7 Å². The number of hydrogen-bond acceptors (Lipinski definition) is 5. The molecule has 1 fully saturated rings. The summed E-state index contributed by atoms with van der Waals surface area (Å²) in [7, 11) is 5.23. The van der Waals surface area contributed by atoms with Crippen molar-refractivity contribution in [1.82, 2.24) is 4.90 Å². The molecule has 0 unspecified atom stereocenters. The third kappa shape index (κ3) is 4.31. The van der Waals surface area contributed by atoms with Crippen molar-refractivity contribution in [2.45, 2.75) is 36.9 Å². The minimum Gasteiger partial charge on any atom is -0.493 e. The predicted molar refractivity (Wildman–Crippen MR) is 116 cm³/mol. The van der Waals surface area contributed by atoms with E-state index in [9.17, 15) is 18.0 Å². The van der Waals surface area contributed by atoms with Gasteiger partial charge in [-0.05, 0) is 68.4 Å². The van der Waals surface area contributed by atoms with Crippen LogP contribution in [0.5, 0.6) is 11.5 Å². The molecule has 0 bridgehead atoms. The number of halogens is 3. The zero-order valence-corrected chi connectivity index (χ0v) is 18.7. The number of rotatable bonds is 5. The molecule has 0 saturated carbocycles. The first-order valence-electron chi connectivity index (χ1n) is 10.7. The highest BCUT2D eigenvalue weighted by Gasteiger charge is 2.49. The van der Waals surface area contributed by atoms with Crippen LogP contribution in [0.3, 0.4) is 0 Å². The monoisotopic (exact) mass is 461 g/mol. The molecule has 0 N–H and O–H groups in total. The second-order valence-electron chi connectivity index (χ2n) is 8.52. The summed E-state index contributed by atoms with van der Waals surface area (Å²) in [4.78, 5) is 14.8. The Balaban J connectivity index is 1.58. The van der Waals surface area contributed by atoms with E-state index in [-0.39, 0.29) is 17.0 Å². The lowest BCUT2D eigenvalue weighted by molar-refractivity contribution is -0.137. The molecule has 2 aliphatic rings. The summed E-state index contributed by atoms with van der Waals surface area (Å²) in [6.45, 7) is 0.877. The SMILES string of the molecule is COc1ccc([C@@]23CC=C(OC(=O)c4cccc(C(F)(F)F)c4)C[C@@H]2N(C)CC3)cc1OC. The van der Waals surface area contributed by atoms with Gasteiger partial charge in [0.25, 0.3) is 0 Å². The van der Waals surface area contributed by atoms with E-state index in [0.717, 1.165) is 30.7 Å². The number of benzene rings is 2. The minimum absolute atomic E-state index is 0.0740. The maximum absolute atomic E-state index is 13.0. The molecule has 2 aromatic rings. The van der Waals surface area contributed by atoms with Crippen molar-refractivity contribution in [3.05, 3.63) is 71.0 Å². The number of carbonyl (C=O) groups excluding carboxylic acids is 1. The Morgan fingerprint density at radius 2 is 1.85 bits per heavy atom. The van der Waals surface area contributed by atoms with Gasteiger partial charge in [-0.15, -0.1) is 0 Å². The van der Waals surface area contributed by atoms with Gasteiger partial charge in [0.2, 0.25) is 0 Å². The summed E-state index contributed by atoms with van der Waals surface area (Å²) in [5, 5.41) is 0. The fourth-order valence-electron chi connectivity index (χ4n) is 4.96. The summed E-state index contributed by atoms with van der Waals surface area (Å²) in [6.07, 6.45) is -0.586. The second-order valence-corrected chi connectivity index (χ2v) is 8.52. The summed E-state index contributed by atoms with van der Waals surface area (Å²) in [5.41, 5.74) is -0.0609. The van der Waals surface area contributed by atoms with Crippen LogP contribution in [-0.2, 0) is 16.3 Å². The molecule has 1 saturated heterocycles. The number of carbonyl (C=O) groups is 1. The van der Waals surface area contributed by atoms with Gasteiger partial charge >= 0.3 is 12.1 Å². The molecule has 8 heteroatoms. The standard InChI is InChI=1S/C25H26F3NO4/c1-29-12-11-24(17-7-8-20(31-2)21(14-17)32-3)10-9-19(15-22(24)29)33-23(30)16-5-4-6-18(13-16)25(26,27)28/h4-9,13-14,22H,10-12,15H2,1-3H3/t22-,24-/m0/s1. The summed E-state index contributed by atoms with van der Waals surface area (Å²) in [5.74, 6) is 1.00. The number of allylic oxidation sites excluding steroid dienone is 1. The van der Waals surface area contributed by atoms with Gasteiger partial charge < -0.3 is 19.1 Å². The zero-order valence-electron chi connectivity index (χ0n) is 18.7. The molecular weight excluding hydrogens is 435 g/mol. The molecule has 4 rings (SSSR count). The van der Waals surface area contributed by atoms with Crippen molar-refractivity contribution in [3.8, 4) is 11.5 Å². The number of likely N-dealkylation sites (tertiary alicyclic amines) is 1. The van der Waals surface area contributed by atoms with Gasteiger partial charge in [-0.25, -0.2) is 4.79 Å². The number of nitrogens with zero attached hydrogens (tertiary/aromatic N) is 1. The molecule has 176 valence electrons. The van der Waals surface area contributed by atoms with Crippen molar-refractivity contribution < 1.29 is 32.2 Å². The summed E-state index contributed by atoms with van der Waals surface area (Å²) in [6, 6.07) is 10.3. The third-order valence-corrected chi connectivity index (χ3v) is 6.78. The van der Waals surface area contributed by atoms with E-state index < -0.39 is 17.7 Å². The number of esters is 1. The number of hydrogen-bond donors (Lipinski definition) is 0. The van der Waals surface area contributed by atoms with Crippen molar-refractivity contribution in [1.29, 1.82) is 0 Å². The highest BCUT2D eigenvalue weighted by molar-refractivity contribution is 5.90. The van der Waals surface area contributed by atoms with Gasteiger partial charge in [-0.2, -0.15) is 13.2 Å². The maximum atomic E-state index is 13.0. The molecule has 2 aromatic carbocycles. The first-order chi connectivity index (χ1) is 15.7. The van der Waals surface area contributed by atoms with Gasteiger partial charge in [-0.3, -0.25) is 0 Å². The molecular formula is C25H26F3NO4. The Hall–Kier alpha value is -3.00. The average molecular weight is 461 g/mol. The molecule has 0 spiro atoms. The van der Waals surface area contributed by atoms with E-state index in [2.05, 4.69) is 4.90 Å². The molecule has 1 aliphatic heterocycles. The summed E-state index contributed by atoms with van der Waals surface area (Å²) >= 11 is 0. The molecule has 5 nitrogen and oxygen atoms in total. The van der Waals surface area contributed by atoms with Crippen LogP contribution in [0.4, 0.5) is 13.2 Å². The van der Waals surface area contributed by atoms with Crippen LogP contribution < -0.4 is 9.47 Å². The highest BCUT2D eigenvalue weighted by atomic mass is 19.4. The lowest BCUT2D eigenvalue weighted by Crippen LogP contribution is -2.43. The Bertz CT molecular complexity index is 1080. The number of fused-ring (bicyclic) bond motifs is 1. The van der Waals surface area contributed by atoms with Crippen LogP contribution in [0.15, 0.2) is 54.3 Å². The number of methoxy groups -OCH3 is 2. The molecule has 1 aliphatic carbocycles. The van der Waals surface area contributed by atoms with Crippen molar-refractivity contribution in [2.75, 3.05) is 27.8 Å². The van der Waals surface area contributed by atoms with Gasteiger partial charge in [0.05, 0.1) is 25.3 Å². The topological polar surface area (TPSA) is 48.0 Å². The van der Waals surface area contributed by atoms with Crippen LogP contribution >= 0.6 is 0 Å². The molecule has 0 amide bonds. The van der Waals surface area contributed by atoms with E-state index in [1.54, 1.807) is 14.2 Å². The smallest absolute Gasteiger partial charge is 0.416 e. The van der Waals surface area contributed by atoms with E-state index in [1.165, 1.54) is 12.1 Å². The quantitative estimate of drug-likeness (QED) is 0.573. The highest BCUT2D eigenvalue weighted by Crippen LogP contribution is 2.49. The Labute approximate surface area is 190 Å². The van der Waals surface area contributed by atoms with Crippen molar-refractivity contribution in [3.63, 3.8) is 0 Å². The fraction of sp³-hybridized carbons (Fsp3) is 0.400. The second kappa shape index (κ2) is 8.74. The lowest BCUT2D eigenvalue weighted by atomic mass is 9.68.